The SMILES string of the molecule is C[C@]12CC[C@H]3[C@@H](CC(O)=C4CCCC[C@@]43C)[C@@H]1CC[C@@H]2CCCCC(=O)O. The van der Waals surface area contributed by atoms with E-state index in [1.807, 2.05) is 0 Å². The van der Waals surface area contributed by atoms with Gasteiger partial charge in [-0.15, -0.1) is 0 Å². The molecule has 0 saturated heterocycles. The van der Waals surface area contributed by atoms with Crippen LogP contribution in [-0.4, -0.2) is 16.2 Å². The first-order valence-corrected chi connectivity index (χ1v) is 11.5. The highest BCUT2D eigenvalue weighted by atomic mass is 16.4. The minimum Gasteiger partial charge on any atom is -0.512 e. The van der Waals surface area contributed by atoms with Crippen LogP contribution in [0.15, 0.2) is 11.3 Å². The van der Waals surface area contributed by atoms with Crippen molar-refractivity contribution in [3.63, 3.8) is 0 Å². The van der Waals surface area contributed by atoms with E-state index in [1.165, 1.54) is 56.9 Å². The summed E-state index contributed by atoms with van der Waals surface area (Å²) < 4.78 is 0. The van der Waals surface area contributed by atoms with Gasteiger partial charge in [0.05, 0.1) is 5.76 Å². The van der Waals surface area contributed by atoms with Gasteiger partial charge in [-0.3, -0.25) is 4.79 Å². The first-order chi connectivity index (χ1) is 12.9. The molecule has 27 heavy (non-hydrogen) atoms. The molecule has 4 rings (SSSR count). The lowest BCUT2D eigenvalue weighted by atomic mass is 9.47. The van der Waals surface area contributed by atoms with Crippen molar-refractivity contribution in [1.82, 2.24) is 0 Å². The molecular weight excluding hydrogens is 336 g/mol. The molecule has 0 amide bonds. The third-order valence-corrected chi connectivity index (χ3v) is 9.48. The van der Waals surface area contributed by atoms with E-state index in [-0.39, 0.29) is 5.41 Å². The second-order valence-corrected chi connectivity index (χ2v) is 10.6. The van der Waals surface area contributed by atoms with E-state index >= 15 is 0 Å². The molecule has 6 atom stereocenters. The molecular formula is C24H38O3. The number of aliphatic carboxylic acids is 1. The van der Waals surface area contributed by atoms with E-state index in [2.05, 4.69) is 13.8 Å². The van der Waals surface area contributed by atoms with Crippen LogP contribution in [0.25, 0.3) is 0 Å². The summed E-state index contributed by atoms with van der Waals surface area (Å²) in [5.74, 6) is 3.04. The molecule has 3 nitrogen and oxygen atoms in total. The number of carbonyl (C=O) groups is 1. The fourth-order valence-corrected chi connectivity index (χ4v) is 8.07. The maximum absolute atomic E-state index is 10.9. The number of aliphatic hydroxyl groups excluding tert-OH is 1. The zero-order valence-corrected chi connectivity index (χ0v) is 17.3. The molecule has 0 aromatic rings. The maximum atomic E-state index is 10.9. The summed E-state index contributed by atoms with van der Waals surface area (Å²) in [4.78, 5) is 10.8. The number of unbranched alkanes of at least 4 members (excludes halogenated alkanes) is 1. The highest BCUT2D eigenvalue weighted by molar-refractivity contribution is 5.66. The molecule has 0 aromatic heterocycles. The topological polar surface area (TPSA) is 57.5 Å². The van der Waals surface area contributed by atoms with Crippen molar-refractivity contribution in [2.45, 2.75) is 97.3 Å². The van der Waals surface area contributed by atoms with E-state index in [0.717, 1.165) is 49.2 Å². The van der Waals surface area contributed by atoms with E-state index in [1.54, 1.807) is 0 Å². The lowest BCUT2D eigenvalue weighted by molar-refractivity contribution is -0.137. The van der Waals surface area contributed by atoms with Crippen LogP contribution in [0.3, 0.4) is 0 Å². The summed E-state index contributed by atoms with van der Waals surface area (Å²) in [6.45, 7) is 5.00. The second-order valence-electron chi connectivity index (χ2n) is 10.6. The molecule has 0 unspecified atom stereocenters. The number of aliphatic hydroxyl groups is 1. The van der Waals surface area contributed by atoms with Crippen LogP contribution < -0.4 is 0 Å². The highest BCUT2D eigenvalue weighted by Crippen LogP contribution is 2.67. The maximum Gasteiger partial charge on any atom is 0.303 e. The largest absolute Gasteiger partial charge is 0.512 e. The minimum absolute atomic E-state index is 0.256. The molecule has 3 heteroatoms. The van der Waals surface area contributed by atoms with Crippen molar-refractivity contribution in [2.24, 2.45) is 34.5 Å². The summed E-state index contributed by atoms with van der Waals surface area (Å²) in [6, 6.07) is 0. The van der Waals surface area contributed by atoms with Crippen LogP contribution >= 0.6 is 0 Å². The predicted molar refractivity (Wildman–Crippen MR) is 107 cm³/mol. The van der Waals surface area contributed by atoms with Crippen molar-refractivity contribution < 1.29 is 15.0 Å². The number of carboxylic acids is 1. The molecule has 0 aliphatic heterocycles. The Hall–Kier alpha value is -0.990. The molecule has 3 saturated carbocycles. The number of hydrogen-bond donors (Lipinski definition) is 2. The van der Waals surface area contributed by atoms with Gasteiger partial charge < -0.3 is 10.2 Å². The fraction of sp³-hybridized carbons (Fsp3) is 0.875. The van der Waals surface area contributed by atoms with Gasteiger partial charge in [-0.1, -0.05) is 26.7 Å². The van der Waals surface area contributed by atoms with Gasteiger partial charge in [0.15, 0.2) is 0 Å². The molecule has 0 radical (unpaired) electrons. The van der Waals surface area contributed by atoms with E-state index in [4.69, 9.17) is 5.11 Å². The molecule has 0 aromatic carbocycles. The van der Waals surface area contributed by atoms with Gasteiger partial charge in [-0.05, 0) is 97.9 Å². The van der Waals surface area contributed by atoms with Crippen molar-refractivity contribution in [3.8, 4) is 0 Å². The Morgan fingerprint density at radius 1 is 1.07 bits per heavy atom. The first kappa shape index (κ1) is 19.3. The monoisotopic (exact) mass is 374 g/mol. The number of hydrogen-bond acceptors (Lipinski definition) is 2. The summed E-state index contributed by atoms with van der Waals surface area (Å²) in [6.07, 6.45) is 14.6. The molecule has 4 aliphatic rings. The van der Waals surface area contributed by atoms with E-state index < -0.39 is 5.97 Å². The fourth-order valence-electron chi connectivity index (χ4n) is 8.07. The van der Waals surface area contributed by atoms with Crippen molar-refractivity contribution >= 4 is 5.97 Å². The average Bonchev–Trinajstić information content (AvgIpc) is 2.95. The van der Waals surface area contributed by atoms with Crippen LogP contribution in [0.5, 0.6) is 0 Å². The molecule has 3 fully saturated rings. The third-order valence-electron chi connectivity index (χ3n) is 9.48. The number of allylic oxidation sites excluding steroid dienone is 2. The van der Waals surface area contributed by atoms with Gasteiger partial charge in [-0.25, -0.2) is 0 Å². The summed E-state index contributed by atoms with van der Waals surface area (Å²) in [5.41, 5.74) is 2.08. The zero-order valence-electron chi connectivity index (χ0n) is 17.3. The zero-order chi connectivity index (χ0) is 19.2. The van der Waals surface area contributed by atoms with Gasteiger partial charge >= 0.3 is 5.97 Å². The Morgan fingerprint density at radius 3 is 2.67 bits per heavy atom. The van der Waals surface area contributed by atoms with Crippen LogP contribution in [-0.2, 0) is 4.79 Å². The van der Waals surface area contributed by atoms with Gasteiger partial charge in [-0.2, -0.15) is 0 Å². The Labute approximate surface area is 164 Å². The predicted octanol–water partition coefficient (Wildman–Crippen LogP) is 6.49. The molecule has 4 aliphatic carbocycles. The van der Waals surface area contributed by atoms with Crippen molar-refractivity contribution in [3.05, 3.63) is 11.3 Å². The number of carboxylic acid groups (broad SMARTS) is 1. The normalized spacial score (nSPS) is 43.8. The highest BCUT2D eigenvalue weighted by Gasteiger charge is 2.59. The summed E-state index contributed by atoms with van der Waals surface area (Å²) in [5, 5.41) is 19.8. The van der Waals surface area contributed by atoms with Gasteiger partial charge in [0.2, 0.25) is 0 Å². The first-order valence-electron chi connectivity index (χ1n) is 11.5. The molecule has 2 N–H and O–H groups in total. The van der Waals surface area contributed by atoms with Crippen molar-refractivity contribution in [2.75, 3.05) is 0 Å². The minimum atomic E-state index is -0.660. The Morgan fingerprint density at radius 2 is 1.89 bits per heavy atom. The quantitative estimate of drug-likeness (QED) is 0.541. The van der Waals surface area contributed by atoms with Gasteiger partial charge in [0, 0.05) is 12.8 Å². The van der Waals surface area contributed by atoms with Crippen LogP contribution in [0.2, 0.25) is 0 Å². The Bertz CT molecular complexity index is 623. The number of fused-ring (bicyclic) bond motifs is 5. The third kappa shape index (κ3) is 3.13. The van der Waals surface area contributed by atoms with Crippen LogP contribution in [0.1, 0.15) is 97.3 Å². The summed E-state index contributed by atoms with van der Waals surface area (Å²) in [7, 11) is 0. The lowest BCUT2D eigenvalue weighted by Crippen LogP contribution is -2.50. The molecule has 152 valence electrons. The Balaban J connectivity index is 1.50. The lowest BCUT2D eigenvalue weighted by Gasteiger charge is -2.58. The van der Waals surface area contributed by atoms with Crippen LogP contribution in [0, 0.1) is 34.5 Å². The van der Waals surface area contributed by atoms with Crippen molar-refractivity contribution in [1.29, 1.82) is 0 Å². The van der Waals surface area contributed by atoms with Gasteiger partial charge in [0.1, 0.15) is 0 Å². The van der Waals surface area contributed by atoms with Crippen LogP contribution in [0.4, 0.5) is 0 Å². The smallest absolute Gasteiger partial charge is 0.303 e. The van der Waals surface area contributed by atoms with Gasteiger partial charge in [0.25, 0.3) is 0 Å². The van der Waals surface area contributed by atoms with E-state index in [9.17, 15) is 9.90 Å². The summed E-state index contributed by atoms with van der Waals surface area (Å²) >= 11 is 0. The number of rotatable bonds is 5. The van der Waals surface area contributed by atoms with E-state index in [0.29, 0.717) is 17.8 Å². The second kappa shape index (κ2) is 7.12. The molecule has 0 spiro atoms. The molecule has 0 bridgehead atoms. The standard InChI is InChI=1S/C24H38O3/c1-23-14-12-19-17(15-21(25)20-8-5-6-13-24(19,20)2)18(23)11-10-16(23)7-3-4-9-22(26)27/h16-19,25H,3-15H2,1-2H3,(H,26,27)/t16-,17-,18-,19-,23+,24+/m0/s1. The molecule has 0 heterocycles. The Kier molecular flexibility index (Phi) is 5.10. The average molecular weight is 375 g/mol.